The van der Waals surface area contributed by atoms with E-state index < -0.39 is 17.3 Å². The number of halogens is 1. The number of hydrogen-bond acceptors (Lipinski definition) is 5. The molecule has 0 aliphatic carbocycles. The Morgan fingerprint density at radius 3 is 2.44 bits per heavy atom. The monoisotopic (exact) mass is 439 g/mol. The smallest absolute Gasteiger partial charge is 0.338 e. The van der Waals surface area contributed by atoms with Gasteiger partial charge < -0.3 is 15.4 Å². The number of hydrogen-bond donors (Lipinski definition) is 2. The van der Waals surface area contributed by atoms with Gasteiger partial charge in [-0.2, -0.15) is 0 Å². The van der Waals surface area contributed by atoms with Gasteiger partial charge >= 0.3 is 5.97 Å². The fraction of sp³-hybridized carbons (Fsp3) is 0.440. The van der Waals surface area contributed by atoms with Crippen molar-refractivity contribution in [2.45, 2.75) is 57.5 Å². The minimum Gasteiger partial charge on any atom is -0.456 e. The van der Waals surface area contributed by atoms with E-state index in [0.29, 0.717) is 24.9 Å². The van der Waals surface area contributed by atoms with E-state index in [-0.39, 0.29) is 17.7 Å². The summed E-state index contributed by atoms with van der Waals surface area (Å²) < 4.78 is 19.2. The number of nitrogens with one attached hydrogen (secondary N) is 2. The molecule has 7 heteroatoms. The number of rotatable bonds is 4. The van der Waals surface area contributed by atoms with E-state index in [0.717, 1.165) is 24.2 Å². The Morgan fingerprint density at radius 1 is 1.12 bits per heavy atom. The predicted octanol–water partition coefficient (Wildman–Crippen LogP) is 3.53. The van der Waals surface area contributed by atoms with Gasteiger partial charge in [0.1, 0.15) is 23.1 Å². The van der Waals surface area contributed by atoms with Gasteiger partial charge in [0.2, 0.25) is 5.91 Å². The Morgan fingerprint density at radius 2 is 1.78 bits per heavy atom. The van der Waals surface area contributed by atoms with Crippen LogP contribution >= 0.6 is 0 Å². The first-order chi connectivity index (χ1) is 15.2. The first-order valence-corrected chi connectivity index (χ1v) is 11.0. The van der Waals surface area contributed by atoms with Crippen molar-refractivity contribution in [1.82, 2.24) is 15.5 Å². The Labute approximate surface area is 188 Å². The maximum absolute atomic E-state index is 13.6. The van der Waals surface area contributed by atoms with Crippen LogP contribution in [-0.2, 0) is 16.1 Å². The summed E-state index contributed by atoms with van der Waals surface area (Å²) in [6, 6.07) is 13.6. The summed E-state index contributed by atoms with van der Waals surface area (Å²) in [6.45, 7) is 7.36. The third kappa shape index (κ3) is 4.40. The Balaban J connectivity index is 1.72. The normalized spacial score (nSPS) is 20.9. The van der Waals surface area contributed by atoms with E-state index in [1.807, 2.05) is 39.0 Å². The van der Waals surface area contributed by atoms with E-state index in [1.165, 1.54) is 12.1 Å². The first-order valence-electron chi connectivity index (χ1n) is 11.0. The molecule has 6 nitrogen and oxygen atoms in total. The third-order valence-corrected chi connectivity index (χ3v) is 6.15. The van der Waals surface area contributed by atoms with Crippen LogP contribution in [0, 0.1) is 5.82 Å². The van der Waals surface area contributed by atoms with Gasteiger partial charge in [-0.25, -0.2) is 9.18 Å². The number of amides is 1. The van der Waals surface area contributed by atoms with E-state index in [1.54, 1.807) is 18.2 Å². The fourth-order valence-corrected chi connectivity index (χ4v) is 4.59. The maximum atomic E-state index is 13.6. The summed E-state index contributed by atoms with van der Waals surface area (Å²) in [6.07, 6.45) is 0.906. The minimum absolute atomic E-state index is 0.0249. The average molecular weight is 440 g/mol. The lowest BCUT2D eigenvalue weighted by molar-refractivity contribution is -0.128. The molecule has 2 N–H and O–H groups in total. The molecule has 2 fully saturated rings. The first kappa shape index (κ1) is 22.4. The highest BCUT2D eigenvalue weighted by molar-refractivity contribution is 5.92. The van der Waals surface area contributed by atoms with Crippen molar-refractivity contribution >= 4 is 11.9 Å². The molecule has 0 aromatic heterocycles. The van der Waals surface area contributed by atoms with Gasteiger partial charge in [-0.15, -0.1) is 0 Å². The number of carbonyl (C=O) groups is 2. The molecule has 0 saturated carbocycles. The number of esters is 1. The van der Waals surface area contributed by atoms with E-state index in [4.69, 9.17) is 4.74 Å². The summed E-state index contributed by atoms with van der Waals surface area (Å²) in [5.74, 6) is -0.733. The SMILES string of the molecule is CC(C)(C)OC(=O)c1ccccc1CN1C(c2ccc(F)cc2)NC(=O)C12CCNCC2. The van der Waals surface area contributed by atoms with E-state index >= 15 is 0 Å². The van der Waals surface area contributed by atoms with Crippen LogP contribution in [0.2, 0.25) is 0 Å². The van der Waals surface area contributed by atoms with Gasteiger partial charge in [0.15, 0.2) is 0 Å². The minimum atomic E-state index is -0.689. The van der Waals surface area contributed by atoms with Crippen molar-refractivity contribution in [1.29, 1.82) is 0 Å². The molecule has 0 bridgehead atoms. The zero-order valence-corrected chi connectivity index (χ0v) is 18.8. The van der Waals surface area contributed by atoms with Crippen LogP contribution in [0.25, 0.3) is 0 Å². The molecule has 1 unspecified atom stereocenters. The Hall–Kier alpha value is -2.77. The van der Waals surface area contributed by atoms with Crippen LogP contribution in [0.1, 0.15) is 61.3 Å². The molecule has 0 radical (unpaired) electrons. The average Bonchev–Trinajstić information content (AvgIpc) is 3.00. The standard InChI is InChI=1S/C25H30FN3O3/c1-24(2,3)32-22(30)20-7-5-4-6-18(20)16-29-21(17-8-10-19(26)11-9-17)28-23(31)25(29)12-14-27-15-13-25/h4-11,21,27H,12-16H2,1-3H3,(H,28,31). The highest BCUT2D eigenvalue weighted by Gasteiger charge is 2.53. The molecule has 1 atom stereocenters. The highest BCUT2D eigenvalue weighted by atomic mass is 19.1. The van der Waals surface area contributed by atoms with Crippen molar-refractivity contribution in [2.24, 2.45) is 0 Å². The molecule has 32 heavy (non-hydrogen) atoms. The molecular weight excluding hydrogens is 409 g/mol. The zero-order valence-electron chi connectivity index (χ0n) is 18.8. The molecule has 2 aromatic rings. The van der Waals surface area contributed by atoms with Crippen molar-refractivity contribution in [3.63, 3.8) is 0 Å². The van der Waals surface area contributed by atoms with Gasteiger partial charge in [-0.1, -0.05) is 30.3 Å². The van der Waals surface area contributed by atoms with Crippen molar-refractivity contribution < 1.29 is 18.7 Å². The molecule has 2 heterocycles. The molecule has 2 aliphatic rings. The lowest BCUT2D eigenvalue weighted by atomic mass is 9.86. The molecule has 2 aliphatic heterocycles. The van der Waals surface area contributed by atoms with Crippen LogP contribution in [0.5, 0.6) is 0 Å². The van der Waals surface area contributed by atoms with Gasteiger partial charge in [-0.05, 0) is 76.0 Å². The summed E-state index contributed by atoms with van der Waals surface area (Å²) in [5, 5.41) is 6.46. The predicted molar refractivity (Wildman–Crippen MR) is 119 cm³/mol. The molecular formula is C25H30FN3O3. The lowest BCUT2D eigenvalue weighted by Gasteiger charge is -2.41. The van der Waals surface area contributed by atoms with Crippen LogP contribution in [0.3, 0.4) is 0 Å². The number of ether oxygens (including phenoxy) is 1. The number of carbonyl (C=O) groups excluding carboxylic acids is 2. The van der Waals surface area contributed by atoms with Gasteiger partial charge in [0, 0.05) is 6.54 Å². The van der Waals surface area contributed by atoms with Crippen LogP contribution in [-0.4, -0.2) is 41.0 Å². The van der Waals surface area contributed by atoms with E-state index in [9.17, 15) is 14.0 Å². The Kier molecular flexibility index (Phi) is 6.05. The highest BCUT2D eigenvalue weighted by Crippen LogP contribution is 2.40. The van der Waals surface area contributed by atoms with Crippen molar-refractivity contribution in [2.75, 3.05) is 13.1 Å². The second-order valence-electron chi connectivity index (χ2n) is 9.50. The zero-order chi connectivity index (χ0) is 22.9. The molecule has 170 valence electrons. The largest absolute Gasteiger partial charge is 0.456 e. The number of nitrogens with zero attached hydrogens (tertiary/aromatic N) is 1. The topological polar surface area (TPSA) is 70.7 Å². The van der Waals surface area contributed by atoms with Gasteiger partial charge in [0.25, 0.3) is 0 Å². The summed E-state index contributed by atoms with van der Waals surface area (Å²) in [4.78, 5) is 28.3. The number of benzene rings is 2. The quantitative estimate of drug-likeness (QED) is 0.714. The third-order valence-electron chi connectivity index (χ3n) is 6.15. The van der Waals surface area contributed by atoms with Crippen LogP contribution in [0.15, 0.2) is 48.5 Å². The fourth-order valence-electron chi connectivity index (χ4n) is 4.59. The van der Waals surface area contributed by atoms with Crippen molar-refractivity contribution in [3.8, 4) is 0 Å². The van der Waals surface area contributed by atoms with Gasteiger partial charge in [-0.3, -0.25) is 9.69 Å². The number of piperidine rings is 1. The Bertz CT molecular complexity index is 994. The molecule has 4 rings (SSSR count). The second-order valence-corrected chi connectivity index (χ2v) is 9.50. The van der Waals surface area contributed by atoms with E-state index in [2.05, 4.69) is 15.5 Å². The second kappa shape index (κ2) is 8.64. The summed E-state index contributed by atoms with van der Waals surface area (Å²) in [7, 11) is 0. The molecule has 1 spiro atoms. The lowest BCUT2D eigenvalue weighted by Crippen LogP contribution is -2.55. The summed E-state index contributed by atoms with van der Waals surface area (Å²) in [5.41, 5.74) is 0.796. The van der Waals surface area contributed by atoms with Gasteiger partial charge in [0.05, 0.1) is 5.56 Å². The van der Waals surface area contributed by atoms with Crippen molar-refractivity contribution in [3.05, 3.63) is 71.0 Å². The molecule has 2 aromatic carbocycles. The molecule has 2 saturated heterocycles. The summed E-state index contributed by atoms with van der Waals surface area (Å²) >= 11 is 0. The maximum Gasteiger partial charge on any atom is 0.338 e. The van der Waals surface area contributed by atoms with Crippen LogP contribution in [0.4, 0.5) is 4.39 Å². The van der Waals surface area contributed by atoms with Crippen LogP contribution < -0.4 is 10.6 Å². The molecule has 1 amide bonds.